The fourth-order valence-electron chi connectivity index (χ4n) is 4.28. The summed E-state index contributed by atoms with van der Waals surface area (Å²) < 4.78 is 1.84. The summed E-state index contributed by atoms with van der Waals surface area (Å²) in [7, 11) is 0. The molecule has 0 radical (unpaired) electrons. The largest absolute Gasteiger partial charge is 0.299 e. The average molecular weight is 403 g/mol. The average Bonchev–Trinajstić information content (AvgIpc) is 3.24. The third-order valence-electron chi connectivity index (χ3n) is 5.89. The van der Waals surface area contributed by atoms with Crippen LogP contribution >= 0.6 is 0 Å². The molecule has 0 atom stereocenters. The van der Waals surface area contributed by atoms with Crippen molar-refractivity contribution in [3.63, 3.8) is 0 Å². The molecule has 0 saturated carbocycles. The summed E-state index contributed by atoms with van der Waals surface area (Å²) in [5.41, 5.74) is 4.58. The Kier molecular flexibility index (Phi) is 6.70. The molecule has 1 saturated heterocycles. The van der Waals surface area contributed by atoms with Crippen LogP contribution < -0.4 is 0 Å². The summed E-state index contributed by atoms with van der Waals surface area (Å²) in [5.74, 6) is 0.912. The highest BCUT2D eigenvalue weighted by molar-refractivity contribution is 5.80. The van der Waals surface area contributed by atoms with Gasteiger partial charge in [-0.1, -0.05) is 54.6 Å². The number of nitrogens with zero attached hydrogens (tertiary/aromatic N) is 4. The van der Waals surface area contributed by atoms with E-state index in [1.54, 1.807) is 0 Å². The highest BCUT2D eigenvalue weighted by atomic mass is 16.1. The van der Waals surface area contributed by atoms with Crippen LogP contribution in [-0.2, 0) is 17.8 Å². The van der Waals surface area contributed by atoms with Gasteiger partial charge in [-0.3, -0.25) is 9.69 Å². The van der Waals surface area contributed by atoms with Crippen LogP contribution in [0.3, 0.4) is 0 Å². The molecule has 4 rings (SSSR count). The molecule has 0 amide bonds. The number of ketones is 1. The van der Waals surface area contributed by atoms with Crippen LogP contribution in [0.4, 0.5) is 0 Å². The van der Waals surface area contributed by atoms with Crippen molar-refractivity contribution in [2.24, 2.45) is 0 Å². The third kappa shape index (κ3) is 5.22. The van der Waals surface area contributed by atoms with Gasteiger partial charge in [0.2, 0.25) is 0 Å². The number of carbonyl (C=O) groups is 1. The van der Waals surface area contributed by atoms with Crippen LogP contribution in [-0.4, -0.2) is 38.8 Å². The Morgan fingerprint density at radius 1 is 1.07 bits per heavy atom. The van der Waals surface area contributed by atoms with Crippen molar-refractivity contribution in [2.75, 3.05) is 13.1 Å². The van der Waals surface area contributed by atoms with E-state index in [1.807, 2.05) is 41.2 Å². The van der Waals surface area contributed by atoms with Crippen molar-refractivity contribution in [1.29, 1.82) is 0 Å². The molecule has 1 aliphatic heterocycles. The van der Waals surface area contributed by atoms with Gasteiger partial charge >= 0.3 is 0 Å². The number of hydrogen-bond donors (Lipinski definition) is 0. The maximum Gasteiger partial charge on any atom is 0.137 e. The fraction of sp³-hybridized carbons (Fsp3) is 0.400. The van der Waals surface area contributed by atoms with Crippen LogP contribution in [0.15, 0.2) is 60.8 Å². The predicted octanol–water partition coefficient (Wildman–Crippen LogP) is 4.56. The molecule has 1 fully saturated rings. The molecule has 1 aliphatic rings. The molecule has 30 heavy (non-hydrogen) atoms. The highest BCUT2D eigenvalue weighted by Crippen LogP contribution is 2.29. The van der Waals surface area contributed by atoms with Gasteiger partial charge in [0, 0.05) is 19.4 Å². The zero-order valence-corrected chi connectivity index (χ0v) is 17.7. The van der Waals surface area contributed by atoms with E-state index < -0.39 is 0 Å². The second-order valence-corrected chi connectivity index (χ2v) is 8.25. The molecule has 0 N–H and O–H groups in total. The number of benzene rings is 2. The molecule has 0 unspecified atom stereocenters. The first-order chi connectivity index (χ1) is 14.7. The Morgan fingerprint density at radius 3 is 2.63 bits per heavy atom. The minimum Gasteiger partial charge on any atom is -0.299 e. The lowest BCUT2D eigenvalue weighted by molar-refractivity contribution is -0.118. The van der Waals surface area contributed by atoms with E-state index in [0.29, 0.717) is 24.5 Å². The molecular formula is C25H30N4O. The molecule has 2 heterocycles. The van der Waals surface area contributed by atoms with Crippen molar-refractivity contribution in [3.8, 4) is 5.69 Å². The first kappa shape index (κ1) is 20.5. The van der Waals surface area contributed by atoms with Gasteiger partial charge in [0.15, 0.2) is 0 Å². The maximum absolute atomic E-state index is 12.0. The highest BCUT2D eigenvalue weighted by Gasteiger charge is 2.21. The first-order valence-electron chi connectivity index (χ1n) is 11.0. The molecule has 1 aromatic heterocycles. The van der Waals surface area contributed by atoms with Crippen LogP contribution in [0.1, 0.15) is 55.3 Å². The van der Waals surface area contributed by atoms with Crippen LogP contribution in [0.25, 0.3) is 5.69 Å². The molecule has 0 spiro atoms. The van der Waals surface area contributed by atoms with E-state index in [0.717, 1.165) is 55.8 Å². The Bertz CT molecular complexity index is 958. The van der Waals surface area contributed by atoms with Gasteiger partial charge < -0.3 is 0 Å². The molecule has 5 nitrogen and oxygen atoms in total. The third-order valence-corrected chi connectivity index (χ3v) is 5.89. The van der Waals surface area contributed by atoms with Crippen molar-refractivity contribution in [1.82, 2.24) is 19.9 Å². The minimum atomic E-state index is 0.341. The number of Topliss-reactive ketones (excluding diaryl/α,β-unsaturated/α-hetero) is 1. The van der Waals surface area contributed by atoms with Crippen molar-refractivity contribution < 1.29 is 4.79 Å². The number of piperidine rings is 1. The second kappa shape index (κ2) is 9.81. The normalized spacial score (nSPS) is 15.4. The Morgan fingerprint density at radius 2 is 1.87 bits per heavy atom. The predicted molar refractivity (Wildman–Crippen MR) is 119 cm³/mol. The van der Waals surface area contributed by atoms with Gasteiger partial charge in [-0.15, -0.1) is 5.10 Å². The van der Waals surface area contributed by atoms with Crippen molar-refractivity contribution in [2.45, 2.75) is 51.5 Å². The summed E-state index contributed by atoms with van der Waals surface area (Å²) in [6.07, 6.45) is 6.47. The van der Waals surface area contributed by atoms with Gasteiger partial charge in [-0.25, -0.2) is 4.68 Å². The van der Waals surface area contributed by atoms with Crippen LogP contribution in [0.5, 0.6) is 0 Å². The van der Waals surface area contributed by atoms with E-state index in [1.165, 1.54) is 5.56 Å². The van der Waals surface area contributed by atoms with Crippen LogP contribution in [0, 0.1) is 0 Å². The molecule has 0 aliphatic carbocycles. The van der Waals surface area contributed by atoms with Gasteiger partial charge in [0.1, 0.15) is 5.78 Å². The molecule has 156 valence electrons. The van der Waals surface area contributed by atoms with Gasteiger partial charge in [0.05, 0.1) is 17.6 Å². The number of hydrogen-bond acceptors (Lipinski definition) is 4. The van der Waals surface area contributed by atoms with E-state index in [9.17, 15) is 4.79 Å². The molecular weight excluding hydrogens is 372 g/mol. The van der Waals surface area contributed by atoms with Crippen molar-refractivity contribution in [3.05, 3.63) is 77.6 Å². The monoisotopic (exact) mass is 402 g/mol. The summed E-state index contributed by atoms with van der Waals surface area (Å²) in [5, 5.41) is 8.63. The number of likely N-dealkylation sites (tertiary alicyclic amines) is 1. The molecule has 5 heteroatoms. The number of rotatable bonds is 8. The van der Waals surface area contributed by atoms with Gasteiger partial charge in [-0.2, -0.15) is 0 Å². The summed E-state index contributed by atoms with van der Waals surface area (Å²) in [6, 6.07) is 18.8. The Balaban J connectivity index is 1.31. The lowest BCUT2D eigenvalue weighted by Gasteiger charge is -2.31. The summed E-state index contributed by atoms with van der Waals surface area (Å²) in [4.78, 5) is 14.5. The minimum absolute atomic E-state index is 0.341. The number of aromatic nitrogens is 3. The topological polar surface area (TPSA) is 51.0 Å². The molecule has 2 aromatic carbocycles. The maximum atomic E-state index is 12.0. The summed E-state index contributed by atoms with van der Waals surface area (Å²) in [6.45, 7) is 5.01. The Hall–Kier alpha value is -2.79. The lowest BCUT2D eigenvalue weighted by Crippen LogP contribution is -2.32. The van der Waals surface area contributed by atoms with E-state index in [-0.39, 0.29) is 0 Å². The molecule has 3 aromatic rings. The first-order valence-corrected chi connectivity index (χ1v) is 11.0. The Labute approximate surface area is 178 Å². The van der Waals surface area contributed by atoms with Crippen LogP contribution in [0.2, 0.25) is 0 Å². The van der Waals surface area contributed by atoms with Gasteiger partial charge in [0.25, 0.3) is 0 Å². The fourth-order valence-corrected chi connectivity index (χ4v) is 4.28. The number of carbonyl (C=O) groups excluding carboxylic acids is 1. The smallest absolute Gasteiger partial charge is 0.137 e. The van der Waals surface area contributed by atoms with Gasteiger partial charge in [-0.05, 0) is 61.5 Å². The van der Waals surface area contributed by atoms with E-state index in [4.69, 9.17) is 0 Å². The summed E-state index contributed by atoms with van der Waals surface area (Å²) >= 11 is 0. The van der Waals surface area contributed by atoms with Crippen molar-refractivity contribution >= 4 is 5.78 Å². The SMILES string of the molecule is CCCC(=O)Cc1cccc(C2CCN(Cc3cn(-c4ccccc4)nn3)CC2)c1. The standard InChI is InChI=1S/C25H30N4O/c1-2-7-25(30)17-20-8-6-9-22(16-20)21-12-14-28(15-13-21)18-23-19-29(27-26-23)24-10-4-3-5-11-24/h3-6,8-11,16,19,21H,2,7,12-15,17-18H2,1H3. The van der Waals surface area contributed by atoms with E-state index >= 15 is 0 Å². The zero-order chi connectivity index (χ0) is 20.8. The quantitative estimate of drug-likeness (QED) is 0.554. The zero-order valence-electron chi connectivity index (χ0n) is 17.7. The molecule has 0 bridgehead atoms. The lowest BCUT2D eigenvalue weighted by atomic mass is 9.88. The number of para-hydroxylation sites is 1. The van der Waals surface area contributed by atoms with E-state index in [2.05, 4.69) is 46.4 Å². The second-order valence-electron chi connectivity index (χ2n) is 8.25.